The van der Waals surface area contributed by atoms with Gasteiger partial charge in [-0.05, 0) is 93.9 Å². The number of fused-ring (bicyclic) bond motifs is 5. The Bertz CT molecular complexity index is 1320. The number of benzene rings is 2. The van der Waals surface area contributed by atoms with Gasteiger partial charge in [0.2, 0.25) is 0 Å². The predicted octanol–water partition coefficient (Wildman–Crippen LogP) is 6.61. The van der Waals surface area contributed by atoms with E-state index in [2.05, 4.69) is 52.7 Å². The van der Waals surface area contributed by atoms with Gasteiger partial charge in [-0.25, -0.2) is 4.79 Å². The molecule has 0 bridgehead atoms. The normalized spacial score (nSPS) is 19.3. The van der Waals surface area contributed by atoms with Crippen LogP contribution in [0.1, 0.15) is 73.2 Å². The van der Waals surface area contributed by atoms with Crippen molar-refractivity contribution in [2.45, 2.75) is 63.8 Å². The average molecular weight is 516 g/mol. The molecule has 2 fully saturated rings. The van der Waals surface area contributed by atoms with Crippen molar-refractivity contribution >= 4 is 22.6 Å². The van der Waals surface area contributed by atoms with E-state index < -0.39 is 5.97 Å². The molecule has 0 atom stereocenters. The lowest BCUT2D eigenvalue weighted by Crippen LogP contribution is -2.30. The molecule has 1 N–H and O–H groups in total. The fraction of sp³-hybridized carbons (Fsp3) is 0.531. The highest BCUT2D eigenvalue weighted by molar-refractivity contribution is 5.99. The van der Waals surface area contributed by atoms with E-state index in [9.17, 15) is 9.90 Å². The molecule has 2 aliphatic heterocycles. The number of anilines is 1. The molecule has 3 aromatic rings. The Kier molecular flexibility index (Phi) is 7.08. The van der Waals surface area contributed by atoms with Crippen LogP contribution in [0.4, 0.5) is 5.69 Å². The quantitative estimate of drug-likeness (QED) is 0.400. The van der Waals surface area contributed by atoms with Crippen LogP contribution in [0.3, 0.4) is 0 Å². The Morgan fingerprint density at radius 2 is 1.74 bits per heavy atom. The number of piperidine rings is 1. The van der Waals surface area contributed by atoms with Crippen LogP contribution in [0.15, 0.2) is 36.4 Å². The van der Waals surface area contributed by atoms with E-state index >= 15 is 0 Å². The van der Waals surface area contributed by atoms with Crippen LogP contribution >= 0.6 is 0 Å². The number of rotatable bonds is 6. The molecule has 202 valence electrons. The maximum absolute atomic E-state index is 11.8. The summed E-state index contributed by atoms with van der Waals surface area (Å²) < 4.78 is 8.71. The molecule has 1 aromatic heterocycles. The zero-order chi connectivity index (χ0) is 26.2. The van der Waals surface area contributed by atoms with Crippen LogP contribution in [-0.4, -0.2) is 60.9 Å². The highest BCUT2D eigenvalue weighted by Crippen LogP contribution is 2.48. The summed E-state index contributed by atoms with van der Waals surface area (Å²) in [6, 6.07) is 12.3. The van der Waals surface area contributed by atoms with Crippen molar-refractivity contribution in [1.29, 1.82) is 0 Å². The van der Waals surface area contributed by atoms with Crippen molar-refractivity contribution in [3.63, 3.8) is 0 Å². The van der Waals surface area contributed by atoms with Gasteiger partial charge in [-0.3, -0.25) is 0 Å². The molecular formula is C32H41N3O3. The largest absolute Gasteiger partial charge is 0.494 e. The zero-order valence-electron chi connectivity index (χ0n) is 22.9. The molecule has 0 amide bonds. The third kappa shape index (κ3) is 4.79. The number of nitrogens with zero attached hydrogens (tertiary/aromatic N) is 3. The second kappa shape index (κ2) is 10.6. The number of ether oxygens (including phenoxy) is 1. The Morgan fingerprint density at radius 1 is 0.947 bits per heavy atom. The average Bonchev–Trinajstić information content (AvgIpc) is 3.18. The number of aromatic nitrogens is 1. The van der Waals surface area contributed by atoms with Gasteiger partial charge < -0.3 is 24.2 Å². The van der Waals surface area contributed by atoms with Gasteiger partial charge in [0.05, 0.1) is 17.9 Å². The number of carboxylic acids is 1. The molecule has 1 saturated heterocycles. The minimum atomic E-state index is -0.866. The first-order valence-electron chi connectivity index (χ1n) is 14.6. The minimum absolute atomic E-state index is 0.360. The zero-order valence-corrected chi connectivity index (χ0v) is 22.9. The van der Waals surface area contributed by atoms with Crippen molar-refractivity contribution < 1.29 is 14.6 Å². The second-order valence-corrected chi connectivity index (χ2v) is 11.8. The summed E-state index contributed by atoms with van der Waals surface area (Å²) in [6.07, 6.45) is 9.90. The highest BCUT2D eigenvalue weighted by Gasteiger charge is 2.30. The van der Waals surface area contributed by atoms with Crippen molar-refractivity contribution in [2.75, 3.05) is 45.2 Å². The molecule has 0 radical (unpaired) electrons. The molecule has 3 heterocycles. The standard InChI is InChI=1S/C32H41N3O3/c1-33-15-12-22(13-16-33)14-19-38-25-9-11-27-28(21-25)34(2)17-18-35-29-20-24(32(36)37)8-10-26(29)30(31(27)35)23-6-4-3-5-7-23/h8-11,20-23H,3-7,12-19H2,1-2H3,(H,36,37). The molecule has 6 rings (SSSR count). The van der Waals surface area contributed by atoms with Crippen molar-refractivity contribution in [2.24, 2.45) is 5.92 Å². The Labute approximate surface area is 226 Å². The summed E-state index contributed by atoms with van der Waals surface area (Å²) in [4.78, 5) is 16.6. The first-order valence-corrected chi connectivity index (χ1v) is 14.6. The molecule has 0 spiro atoms. The summed E-state index contributed by atoms with van der Waals surface area (Å²) in [5.41, 5.74) is 6.57. The summed E-state index contributed by atoms with van der Waals surface area (Å²) >= 11 is 0. The Balaban J connectivity index is 1.37. The maximum atomic E-state index is 11.8. The number of hydrogen-bond donors (Lipinski definition) is 1. The SMILES string of the molecule is CN1CCC(CCOc2ccc3c(c2)N(C)CCn2c-3c(C3CCCCC3)c3ccc(C(=O)O)cc32)CC1. The lowest BCUT2D eigenvalue weighted by Gasteiger charge is -2.28. The van der Waals surface area contributed by atoms with Gasteiger partial charge in [-0.15, -0.1) is 0 Å². The topological polar surface area (TPSA) is 57.9 Å². The van der Waals surface area contributed by atoms with Crippen molar-refractivity contribution in [1.82, 2.24) is 9.47 Å². The number of carbonyl (C=O) groups is 1. The van der Waals surface area contributed by atoms with Gasteiger partial charge >= 0.3 is 5.97 Å². The summed E-state index contributed by atoms with van der Waals surface area (Å²) in [5, 5.41) is 10.9. The first kappa shape index (κ1) is 25.3. The third-order valence-corrected chi connectivity index (χ3v) is 9.29. The fourth-order valence-corrected chi connectivity index (χ4v) is 7.02. The molecule has 3 aliphatic rings. The Hall–Kier alpha value is -2.99. The van der Waals surface area contributed by atoms with Crippen molar-refractivity contribution in [3.05, 3.63) is 47.5 Å². The van der Waals surface area contributed by atoms with E-state index in [0.29, 0.717) is 11.5 Å². The lowest BCUT2D eigenvalue weighted by molar-refractivity contribution is 0.0697. The fourth-order valence-electron chi connectivity index (χ4n) is 7.02. The van der Waals surface area contributed by atoms with Crippen LogP contribution in [0.5, 0.6) is 5.75 Å². The smallest absolute Gasteiger partial charge is 0.335 e. The maximum Gasteiger partial charge on any atom is 0.335 e. The lowest BCUT2D eigenvalue weighted by atomic mass is 9.81. The molecule has 2 aromatic carbocycles. The number of likely N-dealkylation sites (tertiary alicyclic amines) is 1. The van der Waals surface area contributed by atoms with Crippen LogP contribution < -0.4 is 9.64 Å². The van der Waals surface area contributed by atoms with Gasteiger partial charge in [-0.1, -0.05) is 25.3 Å². The van der Waals surface area contributed by atoms with E-state index in [-0.39, 0.29) is 0 Å². The van der Waals surface area contributed by atoms with Gasteiger partial charge in [0.25, 0.3) is 0 Å². The number of likely N-dealkylation sites (N-methyl/N-ethyl adjacent to an activating group) is 1. The van der Waals surface area contributed by atoms with Gasteiger partial charge in [0.1, 0.15) is 5.75 Å². The summed E-state index contributed by atoms with van der Waals surface area (Å²) in [5.74, 6) is 1.36. The van der Waals surface area contributed by atoms with Gasteiger partial charge in [-0.2, -0.15) is 0 Å². The third-order valence-electron chi connectivity index (χ3n) is 9.29. The number of carboxylic acid groups (broad SMARTS) is 1. The molecule has 6 nitrogen and oxygen atoms in total. The van der Waals surface area contributed by atoms with Gasteiger partial charge in [0.15, 0.2) is 0 Å². The Morgan fingerprint density at radius 3 is 2.50 bits per heavy atom. The number of hydrogen-bond acceptors (Lipinski definition) is 4. The van der Waals surface area contributed by atoms with E-state index in [4.69, 9.17) is 4.74 Å². The van der Waals surface area contributed by atoms with E-state index in [1.165, 1.54) is 85.9 Å². The minimum Gasteiger partial charge on any atom is -0.494 e. The van der Waals surface area contributed by atoms with E-state index in [0.717, 1.165) is 43.3 Å². The second-order valence-electron chi connectivity index (χ2n) is 11.8. The molecule has 0 unspecified atom stereocenters. The van der Waals surface area contributed by atoms with Crippen molar-refractivity contribution in [3.8, 4) is 17.0 Å². The van der Waals surface area contributed by atoms with Gasteiger partial charge in [0, 0.05) is 48.4 Å². The van der Waals surface area contributed by atoms with Crippen LogP contribution in [0.25, 0.3) is 22.2 Å². The van der Waals surface area contributed by atoms with E-state index in [1.807, 2.05) is 6.07 Å². The molecular weight excluding hydrogens is 474 g/mol. The first-order chi connectivity index (χ1) is 18.5. The van der Waals surface area contributed by atoms with Crippen LogP contribution in [0.2, 0.25) is 0 Å². The molecule has 1 aliphatic carbocycles. The molecule has 6 heteroatoms. The molecule has 1 saturated carbocycles. The van der Waals surface area contributed by atoms with Crippen LogP contribution in [0, 0.1) is 5.92 Å². The van der Waals surface area contributed by atoms with Crippen LogP contribution in [-0.2, 0) is 6.54 Å². The summed E-state index contributed by atoms with van der Waals surface area (Å²) in [7, 11) is 4.38. The predicted molar refractivity (Wildman–Crippen MR) is 154 cm³/mol. The molecule has 38 heavy (non-hydrogen) atoms. The monoisotopic (exact) mass is 515 g/mol. The summed E-state index contributed by atoms with van der Waals surface area (Å²) in [6.45, 7) is 4.85. The number of aromatic carboxylic acids is 1. The highest BCUT2D eigenvalue weighted by atomic mass is 16.5. The van der Waals surface area contributed by atoms with E-state index in [1.54, 1.807) is 6.07 Å².